The highest BCUT2D eigenvalue weighted by Gasteiger charge is 2.24. The van der Waals surface area contributed by atoms with Crippen LogP contribution >= 0.6 is 0 Å². The van der Waals surface area contributed by atoms with Gasteiger partial charge in [-0.1, -0.05) is 13.8 Å². The van der Waals surface area contributed by atoms with Crippen LogP contribution in [0.1, 0.15) is 46.0 Å². The Morgan fingerprint density at radius 3 is 2.52 bits per heavy atom. The van der Waals surface area contributed by atoms with E-state index in [9.17, 15) is 0 Å². The molecule has 1 aromatic rings. The molecule has 2 rings (SSSR count). The lowest BCUT2D eigenvalue weighted by Crippen LogP contribution is -2.36. The summed E-state index contributed by atoms with van der Waals surface area (Å²) in [6.07, 6.45) is 5.88. The number of nitrogens with zero attached hydrogens (tertiary/aromatic N) is 4. The third kappa shape index (κ3) is 4.19. The highest BCUT2D eigenvalue weighted by atomic mass is 16.5. The normalized spacial score (nSPS) is 21.9. The molecular formula is C15H27N5O. The second-order valence-electron chi connectivity index (χ2n) is 5.86. The van der Waals surface area contributed by atoms with Crippen LogP contribution in [0.4, 0.5) is 11.9 Å². The van der Waals surface area contributed by atoms with Crippen LogP contribution in [0.25, 0.3) is 0 Å². The molecule has 1 heterocycles. The van der Waals surface area contributed by atoms with Crippen LogP contribution in [0, 0.1) is 5.92 Å². The van der Waals surface area contributed by atoms with Gasteiger partial charge in [0, 0.05) is 20.1 Å². The average Bonchev–Trinajstić information content (AvgIpc) is 2.52. The molecule has 21 heavy (non-hydrogen) atoms. The van der Waals surface area contributed by atoms with E-state index in [1.165, 1.54) is 25.7 Å². The van der Waals surface area contributed by atoms with E-state index < -0.39 is 0 Å². The maximum absolute atomic E-state index is 5.56. The van der Waals surface area contributed by atoms with Gasteiger partial charge in [-0.3, -0.25) is 0 Å². The summed E-state index contributed by atoms with van der Waals surface area (Å²) in [6.45, 7) is 5.02. The smallest absolute Gasteiger partial charge is 0.323 e. The molecule has 6 nitrogen and oxygen atoms in total. The molecule has 1 saturated carbocycles. The fourth-order valence-corrected chi connectivity index (χ4v) is 2.67. The van der Waals surface area contributed by atoms with E-state index in [0.29, 0.717) is 30.6 Å². The second kappa shape index (κ2) is 7.43. The van der Waals surface area contributed by atoms with Crippen molar-refractivity contribution in [3.63, 3.8) is 0 Å². The number of nitrogens with one attached hydrogen (secondary N) is 1. The molecule has 1 fully saturated rings. The summed E-state index contributed by atoms with van der Waals surface area (Å²) in [5.41, 5.74) is 0. The minimum Gasteiger partial charge on any atom is -0.463 e. The predicted octanol–water partition coefficient (Wildman–Crippen LogP) is 2.72. The quantitative estimate of drug-likeness (QED) is 0.870. The molecule has 1 N–H and O–H groups in total. The van der Waals surface area contributed by atoms with Gasteiger partial charge in [0.1, 0.15) is 0 Å². The first kappa shape index (κ1) is 15.8. The molecule has 0 saturated heterocycles. The fraction of sp³-hybridized carbons (Fsp3) is 0.800. The highest BCUT2D eigenvalue weighted by Crippen LogP contribution is 2.28. The van der Waals surface area contributed by atoms with E-state index in [2.05, 4.69) is 46.1 Å². The zero-order valence-corrected chi connectivity index (χ0v) is 13.6. The minimum atomic E-state index is 0.405. The van der Waals surface area contributed by atoms with Gasteiger partial charge in [-0.05, 0) is 38.0 Å². The van der Waals surface area contributed by atoms with Crippen molar-refractivity contribution in [3.05, 3.63) is 0 Å². The Morgan fingerprint density at radius 1 is 1.19 bits per heavy atom. The average molecular weight is 293 g/mol. The van der Waals surface area contributed by atoms with E-state index in [0.717, 1.165) is 12.3 Å². The molecule has 1 aliphatic carbocycles. The molecule has 6 heteroatoms. The molecule has 0 aromatic carbocycles. The Labute approximate surface area is 127 Å². The van der Waals surface area contributed by atoms with Crippen LogP contribution in [-0.4, -0.2) is 41.7 Å². The van der Waals surface area contributed by atoms with Crippen molar-refractivity contribution in [1.82, 2.24) is 15.0 Å². The lowest BCUT2D eigenvalue weighted by Gasteiger charge is -2.33. The van der Waals surface area contributed by atoms with Crippen LogP contribution in [0.3, 0.4) is 0 Å². The molecule has 1 aromatic heterocycles. The zero-order valence-electron chi connectivity index (χ0n) is 13.6. The number of anilines is 2. The lowest BCUT2D eigenvalue weighted by molar-refractivity contribution is 0.290. The van der Waals surface area contributed by atoms with Crippen molar-refractivity contribution in [2.45, 2.75) is 52.0 Å². The van der Waals surface area contributed by atoms with Gasteiger partial charge < -0.3 is 15.0 Å². The van der Waals surface area contributed by atoms with Crippen molar-refractivity contribution >= 4 is 11.9 Å². The number of ether oxygens (including phenoxy) is 1. The molecule has 0 bridgehead atoms. The molecule has 0 atom stereocenters. The van der Waals surface area contributed by atoms with Crippen LogP contribution in [0.15, 0.2) is 0 Å². The summed E-state index contributed by atoms with van der Waals surface area (Å²) >= 11 is 0. The van der Waals surface area contributed by atoms with E-state index in [4.69, 9.17) is 4.74 Å². The molecular weight excluding hydrogens is 266 g/mol. The Kier molecular flexibility index (Phi) is 5.59. The van der Waals surface area contributed by atoms with E-state index >= 15 is 0 Å². The monoisotopic (exact) mass is 293 g/mol. The topological polar surface area (TPSA) is 63.2 Å². The zero-order chi connectivity index (χ0) is 15.2. The Balaban J connectivity index is 2.13. The van der Waals surface area contributed by atoms with Gasteiger partial charge in [0.15, 0.2) is 0 Å². The molecule has 0 aliphatic heterocycles. The summed E-state index contributed by atoms with van der Waals surface area (Å²) in [4.78, 5) is 15.3. The first-order valence-corrected chi connectivity index (χ1v) is 7.93. The number of hydrogen-bond acceptors (Lipinski definition) is 6. The number of hydrogen-bond donors (Lipinski definition) is 1. The predicted molar refractivity (Wildman–Crippen MR) is 85.0 cm³/mol. The third-order valence-corrected chi connectivity index (χ3v) is 4.11. The molecule has 0 spiro atoms. The Morgan fingerprint density at radius 2 is 1.90 bits per heavy atom. The van der Waals surface area contributed by atoms with Gasteiger partial charge in [0.05, 0.1) is 6.61 Å². The molecule has 118 valence electrons. The fourth-order valence-electron chi connectivity index (χ4n) is 2.67. The summed E-state index contributed by atoms with van der Waals surface area (Å²) in [5, 5.41) is 2.98. The van der Waals surface area contributed by atoms with Crippen molar-refractivity contribution in [2.75, 3.05) is 30.9 Å². The van der Waals surface area contributed by atoms with Crippen molar-refractivity contribution < 1.29 is 4.74 Å². The summed E-state index contributed by atoms with van der Waals surface area (Å²) in [6, 6.07) is 0.912. The Hall–Kier alpha value is -1.59. The van der Waals surface area contributed by atoms with Crippen molar-refractivity contribution in [1.29, 1.82) is 0 Å². The molecule has 0 radical (unpaired) electrons. The minimum absolute atomic E-state index is 0.405. The number of rotatable bonds is 6. The van der Waals surface area contributed by atoms with E-state index in [-0.39, 0.29) is 0 Å². The van der Waals surface area contributed by atoms with Crippen molar-refractivity contribution in [3.8, 4) is 6.01 Å². The summed E-state index contributed by atoms with van der Waals surface area (Å²) in [5.74, 6) is 2.09. The number of aromatic nitrogens is 3. The summed E-state index contributed by atoms with van der Waals surface area (Å²) < 4.78 is 5.56. The largest absolute Gasteiger partial charge is 0.463 e. The van der Waals surface area contributed by atoms with Gasteiger partial charge in [-0.25, -0.2) is 0 Å². The van der Waals surface area contributed by atoms with E-state index in [1.807, 2.05) is 7.05 Å². The van der Waals surface area contributed by atoms with Crippen LogP contribution < -0.4 is 15.0 Å². The van der Waals surface area contributed by atoms with Crippen molar-refractivity contribution in [2.24, 2.45) is 5.92 Å². The maximum Gasteiger partial charge on any atom is 0.323 e. The molecule has 1 aliphatic rings. The first-order valence-electron chi connectivity index (χ1n) is 7.93. The lowest BCUT2D eigenvalue weighted by atomic mass is 9.87. The van der Waals surface area contributed by atoms with Gasteiger partial charge in [0.25, 0.3) is 0 Å². The standard InChI is InChI=1S/C15H27N5O/c1-5-10-21-15-18-13(16-3)17-14(19-15)20(4)12-8-6-11(2)7-9-12/h11-12H,5-10H2,1-4H3,(H,16,17,18,19). The maximum atomic E-state index is 5.56. The third-order valence-electron chi connectivity index (χ3n) is 4.11. The van der Waals surface area contributed by atoms with Crippen LogP contribution in [-0.2, 0) is 0 Å². The second-order valence-corrected chi connectivity index (χ2v) is 5.86. The summed E-state index contributed by atoms with van der Waals surface area (Å²) in [7, 11) is 3.88. The van der Waals surface area contributed by atoms with Gasteiger partial charge >= 0.3 is 6.01 Å². The van der Waals surface area contributed by atoms with Gasteiger partial charge in [-0.2, -0.15) is 15.0 Å². The SMILES string of the molecule is CCCOc1nc(NC)nc(N(C)C2CCC(C)CC2)n1. The van der Waals surface area contributed by atoms with Crippen LogP contribution in [0.2, 0.25) is 0 Å². The molecule has 0 unspecified atom stereocenters. The first-order chi connectivity index (χ1) is 10.1. The van der Waals surface area contributed by atoms with Gasteiger partial charge in [-0.15, -0.1) is 0 Å². The Bertz CT molecular complexity index is 446. The van der Waals surface area contributed by atoms with E-state index in [1.54, 1.807) is 0 Å². The van der Waals surface area contributed by atoms with Crippen LogP contribution in [0.5, 0.6) is 6.01 Å². The highest BCUT2D eigenvalue weighted by molar-refractivity contribution is 5.38. The van der Waals surface area contributed by atoms with Gasteiger partial charge in [0.2, 0.25) is 11.9 Å². The molecule has 0 amide bonds.